The summed E-state index contributed by atoms with van der Waals surface area (Å²) in [6.45, 7) is 4.29. The number of aliphatic hydroxyl groups excluding tert-OH is 1. The third-order valence-corrected chi connectivity index (χ3v) is 9.59. The standard InChI is InChI=1S/C35H39N3O6/c1-3-34-19-20-35(44-34)29(28(34)31(40)37-25-15-17-26(18-16-25)43-4-2)33(42)38(27(22-39)24-13-9-6-10-14-24)30(35)32(41)36-21-23-11-7-5-8-12-23/h5-18,27-30,39H,3-4,19-22H2,1-2H3,(H,36,41)(H,37,40)/t27-,28+,29+,30?,34-,35?/m1/s1. The highest BCUT2D eigenvalue weighted by Crippen LogP contribution is 2.65. The molecule has 3 aliphatic heterocycles. The minimum absolute atomic E-state index is 0.272. The number of likely N-dealkylation sites (tertiary alicyclic amines) is 1. The Bertz CT molecular complexity index is 1500. The van der Waals surface area contributed by atoms with Crippen LogP contribution < -0.4 is 15.4 Å². The summed E-state index contributed by atoms with van der Waals surface area (Å²) >= 11 is 0. The van der Waals surface area contributed by atoms with Crippen molar-refractivity contribution < 1.29 is 29.0 Å². The van der Waals surface area contributed by atoms with Crippen molar-refractivity contribution in [2.45, 2.75) is 62.9 Å². The minimum atomic E-state index is -1.21. The summed E-state index contributed by atoms with van der Waals surface area (Å²) in [4.78, 5) is 44.5. The summed E-state index contributed by atoms with van der Waals surface area (Å²) < 4.78 is 12.4. The zero-order valence-corrected chi connectivity index (χ0v) is 25.1. The molecule has 9 nitrogen and oxygen atoms in total. The van der Waals surface area contributed by atoms with Gasteiger partial charge in [-0.15, -0.1) is 0 Å². The number of fused-ring (bicyclic) bond motifs is 1. The first kappa shape index (κ1) is 29.8. The van der Waals surface area contributed by atoms with Crippen molar-refractivity contribution in [3.8, 4) is 5.75 Å². The average Bonchev–Trinajstić information content (AvgIpc) is 3.66. The molecule has 2 bridgehead atoms. The summed E-state index contributed by atoms with van der Waals surface area (Å²) in [5, 5.41) is 16.7. The minimum Gasteiger partial charge on any atom is -0.494 e. The summed E-state index contributed by atoms with van der Waals surface area (Å²) in [6, 6.07) is 24.1. The maximum atomic E-state index is 14.6. The number of anilines is 1. The lowest BCUT2D eigenvalue weighted by Gasteiger charge is -2.37. The van der Waals surface area contributed by atoms with Crippen molar-refractivity contribution in [1.82, 2.24) is 10.2 Å². The fourth-order valence-corrected chi connectivity index (χ4v) is 7.62. The van der Waals surface area contributed by atoms with Crippen molar-refractivity contribution in [3.63, 3.8) is 0 Å². The predicted octanol–water partition coefficient (Wildman–Crippen LogP) is 4.23. The fraction of sp³-hybridized carbons (Fsp3) is 0.400. The van der Waals surface area contributed by atoms with Crippen molar-refractivity contribution >= 4 is 23.4 Å². The Balaban J connectivity index is 1.37. The van der Waals surface area contributed by atoms with Crippen LogP contribution in [0.15, 0.2) is 84.9 Å². The van der Waals surface area contributed by atoms with E-state index in [0.29, 0.717) is 42.9 Å². The van der Waals surface area contributed by atoms with Crippen molar-refractivity contribution in [2.24, 2.45) is 11.8 Å². The molecule has 230 valence electrons. The lowest BCUT2D eigenvalue weighted by Crippen LogP contribution is -2.56. The normalized spacial score (nSPS) is 27.6. The molecule has 3 amide bonds. The van der Waals surface area contributed by atoms with Crippen LogP contribution in [0.3, 0.4) is 0 Å². The van der Waals surface area contributed by atoms with E-state index in [9.17, 15) is 19.5 Å². The van der Waals surface area contributed by atoms with Gasteiger partial charge in [0.2, 0.25) is 17.7 Å². The van der Waals surface area contributed by atoms with Crippen molar-refractivity contribution in [2.75, 3.05) is 18.5 Å². The van der Waals surface area contributed by atoms with E-state index < -0.39 is 35.1 Å². The number of benzene rings is 3. The van der Waals surface area contributed by atoms with Crippen LogP contribution in [0.25, 0.3) is 0 Å². The average molecular weight is 598 g/mol. The van der Waals surface area contributed by atoms with Crippen LogP contribution in [0, 0.1) is 11.8 Å². The zero-order valence-electron chi connectivity index (χ0n) is 25.1. The number of carbonyl (C=O) groups is 3. The van der Waals surface area contributed by atoms with E-state index in [1.165, 1.54) is 4.90 Å². The molecule has 0 aliphatic carbocycles. The van der Waals surface area contributed by atoms with Gasteiger partial charge in [-0.25, -0.2) is 0 Å². The van der Waals surface area contributed by atoms with Crippen LogP contribution in [-0.4, -0.2) is 58.2 Å². The van der Waals surface area contributed by atoms with Crippen LogP contribution in [0.1, 0.15) is 50.3 Å². The first-order valence-corrected chi connectivity index (χ1v) is 15.4. The Morgan fingerprint density at radius 1 is 0.977 bits per heavy atom. The molecule has 0 saturated carbocycles. The Morgan fingerprint density at radius 2 is 1.66 bits per heavy atom. The lowest BCUT2D eigenvalue weighted by atomic mass is 9.65. The maximum Gasteiger partial charge on any atom is 0.246 e. The highest BCUT2D eigenvalue weighted by Gasteiger charge is 2.79. The van der Waals surface area contributed by atoms with Gasteiger partial charge in [-0.1, -0.05) is 67.6 Å². The first-order valence-electron chi connectivity index (χ1n) is 15.4. The Kier molecular flexibility index (Phi) is 8.18. The molecule has 1 spiro atoms. The highest BCUT2D eigenvalue weighted by atomic mass is 16.5. The largest absolute Gasteiger partial charge is 0.494 e. The zero-order chi connectivity index (χ0) is 30.9. The molecule has 3 N–H and O–H groups in total. The van der Waals surface area contributed by atoms with E-state index in [4.69, 9.17) is 9.47 Å². The molecule has 3 aromatic carbocycles. The molecule has 3 fully saturated rings. The summed E-state index contributed by atoms with van der Waals surface area (Å²) in [5.41, 5.74) is 0.106. The molecule has 9 heteroatoms. The number of hydrogen-bond acceptors (Lipinski definition) is 6. The molecule has 0 radical (unpaired) electrons. The predicted molar refractivity (Wildman–Crippen MR) is 164 cm³/mol. The van der Waals surface area contributed by atoms with Crippen LogP contribution in [-0.2, 0) is 25.7 Å². The first-order chi connectivity index (χ1) is 21.4. The van der Waals surface area contributed by atoms with E-state index >= 15 is 0 Å². The Labute approximate surface area is 257 Å². The topological polar surface area (TPSA) is 117 Å². The van der Waals surface area contributed by atoms with Crippen molar-refractivity contribution in [1.29, 1.82) is 0 Å². The van der Waals surface area contributed by atoms with Gasteiger partial charge in [-0.05, 0) is 61.6 Å². The molecule has 6 atom stereocenters. The van der Waals surface area contributed by atoms with E-state index in [-0.39, 0.29) is 30.9 Å². The van der Waals surface area contributed by atoms with E-state index in [1.807, 2.05) is 74.5 Å². The molecular formula is C35H39N3O6. The molecule has 3 heterocycles. The van der Waals surface area contributed by atoms with Gasteiger partial charge in [0.15, 0.2) is 0 Å². The number of hydrogen-bond donors (Lipinski definition) is 3. The number of nitrogens with zero attached hydrogens (tertiary/aromatic N) is 1. The third-order valence-electron chi connectivity index (χ3n) is 9.59. The van der Waals surface area contributed by atoms with Gasteiger partial charge < -0.3 is 30.1 Å². The van der Waals surface area contributed by atoms with Gasteiger partial charge in [-0.3, -0.25) is 14.4 Å². The summed E-state index contributed by atoms with van der Waals surface area (Å²) in [6.07, 6.45) is 1.51. The van der Waals surface area contributed by atoms with E-state index in [0.717, 1.165) is 5.56 Å². The Morgan fingerprint density at radius 3 is 2.30 bits per heavy atom. The summed E-state index contributed by atoms with van der Waals surface area (Å²) in [7, 11) is 0. The molecule has 3 saturated heterocycles. The second-order valence-electron chi connectivity index (χ2n) is 11.8. The number of rotatable bonds is 11. The number of ether oxygens (including phenoxy) is 2. The van der Waals surface area contributed by atoms with Gasteiger partial charge in [0.05, 0.1) is 36.7 Å². The summed E-state index contributed by atoms with van der Waals surface area (Å²) in [5.74, 6) is -2.04. The lowest BCUT2D eigenvalue weighted by molar-refractivity contribution is -0.150. The monoisotopic (exact) mass is 597 g/mol. The van der Waals surface area contributed by atoms with Gasteiger partial charge in [0, 0.05) is 12.2 Å². The van der Waals surface area contributed by atoms with Gasteiger partial charge >= 0.3 is 0 Å². The smallest absolute Gasteiger partial charge is 0.246 e. The molecule has 44 heavy (non-hydrogen) atoms. The molecule has 6 rings (SSSR count). The van der Waals surface area contributed by atoms with Gasteiger partial charge in [0.1, 0.15) is 17.4 Å². The quantitative estimate of drug-likeness (QED) is 0.305. The molecule has 3 aliphatic rings. The van der Waals surface area contributed by atoms with Gasteiger partial charge in [-0.2, -0.15) is 0 Å². The van der Waals surface area contributed by atoms with Crippen molar-refractivity contribution in [3.05, 3.63) is 96.1 Å². The van der Waals surface area contributed by atoms with E-state index in [1.54, 1.807) is 24.3 Å². The van der Waals surface area contributed by atoms with Crippen LogP contribution in [0.2, 0.25) is 0 Å². The number of carbonyl (C=O) groups excluding carboxylic acids is 3. The van der Waals surface area contributed by atoms with E-state index in [2.05, 4.69) is 10.6 Å². The van der Waals surface area contributed by atoms with Crippen LogP contribution in [0.4, 0.5) is 5.69 Å². The number of aliphatic hydroxyl groups is 1. The molecule has 3 aromatic rings. The fourth-order valence-electron chi connectivity index (χ4n) is 7.62. The highest BCUT2D eigenvalue weighted by molar-refractivity contribution is 6.02. The third kappa shape index (κ3) is 4.94. The second kappa shape index (κ2) is 12.1. The molecule has 0 aromatic heterocycles. The number of nitrogens with one attached hydrogen (secondary N) is 2. The molecule has 2 unspecified atom stereocenters. The van der Waals surface area contributed by atoms with Crippen LogP contribution in [0.5, 0.6) is 5.75 Å². The number of amides is 3. The maximum absolute atomic E-state index is 14.6. The molecular weight excluding hydrogens is 558 g/mol. The van der Waals surface area contributed by atoms with Gasteiger partial charge in [0.25, 0.3) is 0 Å². The van der Waals surface area contributed by atoms with Crippen LogP contribution >= 0.6 is 0 Å². The Hall–Kier alpha value is -4.21. The second-order valence-corrected chi connectivity index (χ2v) is 11.8. The SMILES string of the molecule is CCOc1ccc(NC(=O)[C@@H]2[C@H]3C(=O)N([C@H](CO)c4ccccc4)C(C(=O)NCc4ccccc4)C34CC[C@@]2(CC)O4)cc1.